The van der Waals surface area contributed by atoms with Crippen molar-refractivity contribution in [3.8, 4) is 5.75 Å². The van der Waals surface area contributed by atoms with Crippen molar-refractivity contribution in [1.82, 2.24) is 6.15 Å². The van der Waals surface area contributed by atoms with Gasteiger partial charge in [0.05, 0.1) is 13.2 Å². The van der Waals surface area contributed by atoms with E-state index in [-0.39, 0.29) is 12.1 Å². The molecular weight excluding hydrogens is 206 g/mol. The van der Waals surface area contributed by atoms with Crippen LogP contribution in [0, 0.1) is 0 Å². The van der Waals surface area contributed by atoms with Gasteiger partial charge in [-0.05, 0) is 25.5 Å². The second-order valence-electron chi connectivity index (χ2n) is 3.07. The van der Waals surface area contributed by atoms with Gasteiger partial charge in [0.15, 0.2) is 0 Å². The highest BCUT2D eigenvalue weighted by molar-refractivity contribution is 5.92. The number of ether oxygens (including phenoxy) is 2. The van der Waals surface area contributed by atoms with E-state index in [4.69, 9.17) is 9.47 Å². The lowest BCUT2D eigenvalue weighted by Crippen LogP contribution is -2.08. The van der Waals surface area contributed by atoms with Crippen molar-refractivity contribution in [3.05, 3.63) is 29.8 Å². The molecule has 0 spiro atoms. The minimum atomic E-state index is -0.329. The lowest BCUT2D eigenvalue weighted by molar-refractivity contribution is 0.0521. The molecule has 0 bridgehead atoms. The highest BCUT2D eigenvalue weighted by Crippen LogP contribution is 2.18. The zero-order valence-corrected chi connectivity index (χ0v) is 9.86. The minimum Gasteiger partial charge on any atom is -0.493 e. The smallest absolute Gasteiger partial charge is 0.341 e. The van der Waals surface area contributed by atoms with Gasteiger partial charge in [0, 0.05) is 0 Å². The predicted octanol–water partition coefficient (Wildman–Crippen LogP) is 2.81. The summed E-state index contributed by atoms with van der Waals surface area (Å²) in [5.74, 6) is 0.266. The van der Waals surface area contributed by atoms with Crippen LogP contribution in [0.5, 0.6) is 5.75 Å². The average Bonchev–Trinajstić information content (AvgIpc) is 2.27. The van der Waals surface area contributed by atoms with Crippen LogP contribution in [0.4, 0.5) is 0 Å². The fraction of sp³-hybridized carbons (Fsp3) is 0.417. The zero-order valence-electron chi connectivity index (χ0n) is 9.86. The summed E-state index contributed by atoms with van der Waals surface area (Å²) in [4.78, 5) is 11.5. The Morgan fingerprint density at radius 3 is 2.56 bits per heavy atom. The average molecular weight is 225 g/mol. The van der Waals surface area contributed by atoms with E-state index in [1.165, 1.54) is 0 Å². The molecule has 1 rings (SSSR count). The maximum absolute atomic E-state index is 11.5. The van der Waals surface area contributed by atoms with Crippen LogP contribution < -0.4 is 10.9 Å². The summed E-state index contributed by atoms with van der Waals surface area (Å²) in [6.45, 7) is 4.79. The lowest BCUT2D eigenvalue weighted by atomic mass is 10.2. The molecule has 4 heteroatoms. The summed E-state index contributed by atoms with van der Waals surface area (Å²) < 4.78 is 10.4. The van der Waals surface area contributed by atoms with Gasteiger partial charge in [0.2, 0.25) is 0 Å². The first kappa shape index (κ1) is 14.5. The van der Waals surface area contributed by atoms with E-state index >= 15 is 0 Å². The molecule has 0 aliphatic rings. The van der Waals surface area contributed by atoms with Gasteiger partial charge in [-0.15, -0.1) is 0 Å². The quantitative estimate of drug-likeness (QED) is 0.782. The second kappa shape index (κ2) is 7.70. The van der Waals surface area contributed by atoms with E-state index in [9.17, 15) is 4.79 Å². The summed E-state index contributed by atoms with van der Waals surface area (Å²) in [5.41, 5.74) is 0.493. The highest BCUT2D eigenvalue weighted by atomic mass is 16.5. The maximum atomic E-state index is 11.5. The molecule has 0 atom stereocenters. The largest absolute Gasteiger partial charge is 0.493 e. The third-order valence-corrected chi connectivity index (χ3v) is 1.84. The number of carbonyl (C=O) groups is 1. The van der Waals surface area contributed by atoms with E-state index in [0.29, 0.717) is 24.5 Å². The first-order valence-corrected chi connectivity index (χ1v) is 5.18. The molecule has 0 saturated carbocycles. The van der Waals surface area contributed by atoms with Crippen LogP contribution in [-0.4, -0.2) is 19.2 Å². The molecule has 0 radical (unpaired) electrons. The minimum absolute atomic E-state index is 0. The summed E-state index contributed by atoms with van der Waals surface area (Å²) >= 11 is 0. The fourth-order valence-corrected chi connectivity index (χ4v) is 1.18. The molecule has 1 aromatic rings. The Balaban J connectivity index is 0.00000225. The number of esters is 1. The van der Waals surface area contributed by atoms with Gasteiger partial charge in [-0.3, -0.25) is 0 Å². The van der Waals surface area contributed by atoms with Crippen molar-refractivity contribution >= 4 is 5.97 Å². The number of hydrogen-bond donors (Lipinski definition) is 1. The van der Waals surface area contributed by atoms with E-state index in [1.54, 1.807) is 25.1 Å². The topological polar surface area (TPSA) is 70.5 Å². The van der Waals surface area contributed by atoms with Crippen molar-refractivity contribution in [2.24, 2.45) is 0 Å². The molecule has 0 heterocycles. The lowest BCUT2D eigenvalue weighted by Gasteiger charge is -2.09. The third-order valence-electron chi connectivity index (χ3n) is 1.84. The van der Waals surface area contributed by atoms with Gasteiger partial charge in [0.25, 0.3) is 0 Å². The van der Waals surface area contributed by atoms with Crippen LogP contribution in [0.2, 0.25) is 0 Å². The molecule has 4 nitrogen and oxygen atoms in total. The van der Waals surface area contributed by atoms with E-state index in [1.807, 2.05) is 13.0 Å². The summed E-state index contributed by atoms with van der Waals surface area (Å²) in [7, 11) is 0. The molecule has 90 valence electrons. The number of benzene rings is 1. The third kappa shape index (κ3) is 3.90. The molecule has 0 unspecified atom stereocenters. The first-order valence-electron chi connectivity index (χ1n) is 5.18. The van der Waals surface area contributed by atoms with Crippen LogP contribution in [0.15, 0.2) is 24.3 Å². The Morgan fingerprint density at radius 2 is 1.94 bits per heavy atom. The van der Waals surface area contributed by atoms with Crippen LogP contribution in [0.3, 0.4) is 0 Å². The second-order valence-corrected chi connectivity index (χ2v) is 3.07. The molecule has 0 aliphatic heterocycles. The Morgan fingerprint density at radius 1 is 1.25 bits per heavy atom. The van der Waals surface area contributed by atoms with Gasteiger partial charge < -0.3 is 15.6 Å². The van der Waals surface area contributed by atoms with Gasteiger partial charge in [-0.2, -0.15) is 0 Å². The molecule has 16 heavy (non-hydrogen) atoms. The van der Waals surface area contributed by atoms with Gasteiger partial charge in [-0.1, -0.05) is 19.1 Å². The van der Waals surface area contributed by atoms with Crippen LogP contribution in [0.25, 0.3) is 0 Å². The predicted molar refractivity (Wildman–Crippen MR) is 63.2 cm³/mol. The van der Waals surface area contributed by atoms with Crippen molar-refractivity contribution in [2.75, 3.05) is 13.2 Å². The maximum Gasteiger partial charge on any atom is 0.341 e. The molecule has 1 aromatic carbocycles. The number of para-hydroxylation sites is 1. The van der Waals surface area contributed by atoms with Crippen molar-refractivity contribution in [2.45, 2.75) is 20.3 Å². The summed E-state index contributed by atoms with van der Waals surface area (Å²) in [6.07, 6.45) is 0.914. The highest BCUT2D eigenvalue weighted by Gasteiger charge is 2.12. The Labute approximate surface area is 96.1 Å². The summed E-state index contributed by atoms with van der Waals surface area (Å²) in [6, 6.07) is 7.13. The molecule has 0 amide bonds. The number of rotatable bonds is 5. The fourth-order valence-electron chi connectivity index (χ4n) is 1.18. The molecule has 0 fully saturated rings. The van der Waals surface area contributed by atoms with E-state index in [2.05, 4.69) is 0 Å². The normalized spacial score (nSPS) is 9.12. The van der Waals surface area contributed by atoms with Crippen molar-refractivity contribution < 1.29 is 14.3 Å². The Bertz CT molecular complexity index is 326. The van der Waals surface area contributed by atoms with Gasteiger partial charge in [0.1, 0.15) is 11.3 Å². The Hall–Kier alpha value is -1.55. The van der Waals surface area contributed by atoms with E-state index in [0.717, 1.165) is 6.42 Å². The van der Waals surface area contributed by atoms with Gasteiger partial charge >= 0.3 is 5.97 Å². The SMILES string of the molecule is CCCOc1ccccc1C(=O)OCC.N. The van der Waals surface area contributed by atoms with Crippen LogP contribution in [0.1, 0.15) is 30.6 Å². The first-order chi connectivity index (χ1) is 7.29. The van der Waals surface area contributed by atoms with E-state index < -0.39 is 0 Å². The molecule has 0 aromatic heterocycles. The van der Waals surface area contributed by atoms with Crippen molar-refractivity contribution in [3.63, 3.8) is 0 Å². The standard InChI is InChI=1S/C12H16O3.H3N/c1-3-9-15-11-8-6-5-7-10(11)12(13)14-4-2;/h5-8H,3-4,9H2,1-2H3;1H3. The Kier molecular flexibility index (Phi) is 6.96. The number of hydrogen-bond acceptors (Lipinski definition) is 4. The van der Waals surface area contributed by atoms with Crippen LogP contribution >= 0.6 is 0 Å². The molecule has 0 aliphatic carbocycles. The molecule has 0 saturated heterocycles. The van der Waals surface area contributed by atoms with Crippen LogP contribution in [-0.2, 0) is 4.74 Å². The van der Waals surface area contributed by atoms with Crippen molar-refractivity contribution in [1.29, 1.82) is 0 Å². The monoisotopic (exact) mass is 225 g/mol. The van der Waals surface area contributed by atoms with Gasteiger partial charge in [-0.25, -0.2) is 4.79 Å². The zero-order chi connectivity index (χ0) is 11.1. The molecule has 3 N–H and O–H groups in total. The number of carbonyl (C=O) groups excluding carboxylic acids is 1. The molecular formula is C12H19NO3. The summed E-state index contributed by atoms with van der Waals surface area (Å²) in [5, 5.41) is 0.